The maximum Gasteiger partial charge on any atom is 0.243 e. The van der Waals surface area contributed by atoms with Gasteiger partial charge >= 0.3 is 0 Å². The fourth-order valence-electron chi connectivity index (χ4n) is 4.29. The molecule has 2 unspecified atom stereocenters. The molecule has 2 atom stereocenters. The summed E-state index contributed by atoms with van der Waals surface area (Å²) in [5.74, 6) is -1.32. The number of carbonyl (C=O) groups excluding carboxylic acids is 2. The first-order valence-electron chi connectivity index (χ1n) is 11.3. The molecule has 0 spiro atoms. The van der Waals surface area contributed by atoms with E-state index in [1.54, 1.807) is 37.3 Å². The van der Waals surface area contributed by atoms with Gasteiger partial charge in [-0.1, -0.05) is 42.0 Å². The van der Waals surface area contributed by atoms with Gasteiger partial charge in [-0.3, -0.25) is 9.59 Å². The van der Waals surface area contributed by atoms with Crippen molar-refractivity contribution in [2.24, 2.45) is 0 Å². The van der Waals surface area contributed by atoms with Crippen molar-refractivity contribution in [2.45, 2.75) is 32.4 Å². The number of halogens is 1. The Bertz CT molecular complexity index is 1460. The highest BCUT2D eigenvalue weighted by Crippen LogP contribution is 2.34. The lowest BCUT2D eigenvalue weighted by Gasteiger charge is -2.13. The summed E-state index contributed by atoms with van der Waals surface area (Å²) in [4.78, 5) is 26.4. The number of nitrogens with one attached hydrogen (secondary N) is 3. The van der Waals surface area contributed by atoms with Crippen molar-refractivity contribution >= 4 is 28.3 Å². The van der Waals surface area contributed by atoms with Crippen molar-refractivity contribution in [1.29, 1.82) is 0 Å². The van der Waals surface area contributed by atoms with E-state index in [0.717, 1.165) is 11.6 Å². The molecule has 4 aromatic rings. The lowest BCUT2D eigenvalue weighted by molar-refractivity contribution is -0.117. The van der Waals surface area contributed by atoms with E-state index in [1.165, 1.54) is 12.1 Å². The van der Waals surface area contributed by atoms with Gasteiger partial charge in [-0.2, -0.15) is 0 Å². The molecule has 4 N–H and O–H groups in total. The summed E-state index contributed by atoms with van der Waals surface area (Å²) in [6.07, 6.45) is 0.380. The average molecular weight is 474 g/mol. The van der Waals surface area contributed by atoms with E-state index in [2.05, 4.69) is 16.2 Å². The van der Waals surface area contributed by atoms with Crippen LogP contribution in [0, 0.1) is 19.7 Å². The van der Waals surface area contributed by atoms with Crippen LogP contribution in [0.2, 0.25) is 0 Å². The fourth-order valence-corrected chi connectivity index (χ4v) is 4.29. The molecule has 0 radical (unpaired) electrons. The number of rotatable bonds is 5. The Morgan fingerprint density at radius 1 is 1.06 bits per heavy atom. The number of fused-ring (bicyclic) bond motifs is 1. The molecule has 2 heterocycles. The number of hydrazine groups is 1. The lowest BCUT2D eigenvalue weighted by Crippen LogP contribution is -2.39. The minimum atomic E-state index is -0.631. The highest BCUT2D eigenvalue weighted by Gasteiger charge is 2.33. The molecular weight excluding hydrogens is 449 g/mol. The molecule has 35 heavy (non-hydrogen) atoms. The topological polar surface area (TPSA) is 104 Å². The second-order valence-corrected chi connectivity index (χ2v) is 8.78. The van der Waals surface area contributed by atoms with Gasteiger partial charge in [-0.15, -0.1) is 0 Å². The van der Waals surface area contributed by atoms with Gasteiger partial charge < -0.3 is 14.8 Å². The second-order valence-electron chi connectivity index (χ2n) is 8.78. The molecule has 1 amide bonds. The summed E-state index contributed by atoms with van der Waals surface area (Å²) in [5.41, 5.74) is 8.93. The van der Waals surface area contributed by atoms with Crippen LogP contribution in [0.15, 0.2) is 65.1 Å². The number of phenols is 1. The zero-order chi connectivity index (χ0) is 24.7. The first-order chi connectivity index (χ1) is 16.8. The summed E-state index contributed by atoms with van der Waals surface area (Å²) < 4.78 is 19.9. The Morgan fingerprint density at radius 3 is 2.66 bits per heavy atom. The van der Waals surface area contributed by atoms with Crippen molar-refractivity contribution in [3.63, 3.8) is 0 Å². The van der Waals surface area contributed by atoms with Crippen molar-refractivity contribution < 1.29 is 23.5 Å². The number of anilines is 1. The molecule has 1 saturated heterocycles. The molecule has 0 saturated carbocycles. The first-order valence-corrected chi connectivity index (χ1v) is 11.3. The Balaban J connectivity index is 1.43. The SMILES string of the molecule is Cc1ccc(O)c(C2CC(C(=O)Nc3c(C(=O)c4ccc(C)c(F)c4)oc4ccccc34)NN2)c1. The molecule has 1 aromatic heterocycles. The first kappa shape index (κ1) is 22.8. The summed E-state index contributed by atoms with van der Waals surface area (Å²) in [5, 5.41) is 13.6. The number of hydrogen-bond donors (Lipinski definition) is 4. The van der Waals surface area contributed by atoms with Crippen LogP contribution in [0.3, 0.4) is 0 Å². The Morgan fingerprint density at radius 2 is 1.86 bits per heavy atom. The monoisotopic (exact) mass is 473 g/mol. The fraction of sp³-hybridized carbons (Fsp3) is 0.185. The van der Waals surface area contributed by atoms with Crippen LogP contribution in [0.4, 0.5) is 10.1 Å². The van der Waals surface area contributed by atoms with Crippen LogP contribution in [0.5, 0.6) is 5.75 Å². The molecule has 5 rings (SSSR count). The maximum absolute atomic E-state index is 14.1. The number of phenolic OH excluding ortho intramolecular Hbond substituents is 1. The summed E-state index contributed by atoms with van der Waals surface area (Å²) in [6, 6.07) is 15.6. The van der Waals surface area contributed by atoms with Gasteiger partial charge in [0, 0.05) is 16.5 Å². The van der Waals surface area contributed by atoms with E-state index in [0.29, 0.717) is 28.5 Å². The Labute approximate surface area is 200 Å². The number of aryl methyl sites for hydroxylation is 2. The number of hydrogen-bond acceptors (Lipinski definition) is 6. The molecule has 0 aliphatic carbocycles. The Hall–Kier alpha value is -4.01. The molecule has 7 nitrogen and oxygen atoms in total. The minimum absolute atomic E-state index is 0.0679. The quantitative estimate of drug-likeness (QED) is 0.314. The maximum atomic E-state index is 14.1. The van der Waals surface area contributed by atoms with Crippen LogP contribution < -0.4 is 16.2 Å². The molecule has 3 aromatic carbocycles. The van der Waals surface area contributed by atoms with Gasteiger partial charge in [-0.05, 0) is 50.1 Å². The van der Waals surface area contributed by atoms with Crippen LogP contribution >= 0.6 is 0 Å². The number of carbonyl (C=O) groups is 2. The summed E-state index contributed by atoms with van der Waals surface area (Å²) in [7, 11) is 0. The molecule has 1 aliphatic heterocycles. The number of benzene rings is 3. The largest absolute Gasteiger partial charge is 0.508 e. The van der Waals surface area contributed by atoms with E-state index in [-0.39, 0.29) is 34.7 Å². The molecule has 178 valence electrons. The molecule has 0 bridgehead atoms. The second kappa shape index (κ2) is 8.98. The smallest absolute Gasteiger partial charge is 0.243 e. The number of para-hydroxylation sites is 1. The number of amides is 1. The van der Waals surface area contributed by atoms with E-state index >= 15 is 0 Å². The zero-order valence-corrected chi connectivity index (χ0v) is 19.2. The minimum Gasteiger partial charge on any atom is -0.508 e. The summed E-state index contributed by atoms with van der Waals surface area (Å²) >= 11 is 0. The van der Waals surface area contributed by atoms with Gasteiger partial charge in [0.15, 0.2) is 5.76 Å². The molecule has 8 heteroatoms. The number of furan rings is 1. The van der Waals surface area contributed by atoms with E-state index < -0.39 is 17.6 Å². The summed E-state index contributed by atoms with van der Waals surface area (Å²) in [6.45, 7) is 3.54. The normalized spacial score (nSPS) is 17.6. The predicted molar refractivity (Wildman–Crippen MR) is 130 cm³/mol. The highest BCUT2D eigenvalue weighted by molar-refractivity contribution is 6.17. The van der Waals surface area contributed by atoms with E-state index in [9.17, 15) is 19.1 Å². The number of aromatic hydroxyl groups is 1. The molecular formula is C27H24FN3O4. The lowest BCUT2D eigenvalue weighted by atomic mass is 9.99. The standard InChI is InChI=1S/C27H24FN3O4/c1-14-7-10-22(32)18(11-14)20-13-21(31-30-20)27(34)29-24-17-5-3-4-6-23(17)35-26(24)25(33)16-9-8-15(2)19(28)12-16/h3-12,20-21,30-32H,13H2,1-2H3,(H,29,34). The van der Waals surface area contributed by atoms with Gasteiger partial charge in [0.25, 0.3) is 0 Å². The van der Waals surface area contributed by atoms with Crippen LogP contribution in [0.25, 0.3) is 11.0 Å². The van der Waals surface area contributed by atoms with Crippen molar-refractivity contribution in [3.8, 4) is 5.75 Å². The van der Waals surface area contributed by atoms with Crippen molar-refractivity contribution in [1.82, 2.24) is 10.9 Å². The third-order valence-electron chi connectivity index (χ3n) is 6.26. The molecule has 1 fully saturated rings. The van der Waals surface area contributed by atoms with Crippen LogP contribution in [-0.4, -0.2) is 22.8 Å². The van der Waals surface area contributed by atoms with Crippen LogP contribution in [0.1, 0.15) is 45.3 Å². The van der Waals surface area contributed by atoms with Gasteiger partial charge in [0.1, 0.15) is 23.2 Å². The van der Waals surface area contributed by atoms with Gasteiger partial charge in [-0.25, -0.2) is 15.2 Å². The highest BCUT2D eigenvalue weighted by atomic mass is 19.1. The van der Waals surface area contributed by atoms with Crippen LogP contribution in [-0.2, 0) is 4.79 Å². The van der Waals surface area contributed by atoms with Gasteiger partial charge in [0.05, 0.1) is 11.7 Å². The van der Waals surface area contributed by atoms with E-state index in [4.69, 9.17) is 4.42 Å². The predicted octanol–water partition coefficient (Wildman–Crippen LogP) is 4.67. The molecule has 1 aliphatic rings. The van der Waals surface area contributed by atoms with Crippen molar-refractivity contribution in [3.05, 3.63) is 94.5 Å². The number of ketones is 1. The third kappa shape index (κ3) is 4.29. The average Bonchev–Trinajstić information content (AvgIpc) is 3.48. The zero-order valence-electron chi connectivity index (χ0n) is 19.2. The van der Waals surface area contributed by atoms with E-state index in [1.807, 2.05) is 19.1 Å². The van der Waals surface area contributed by atoms with Gasteiger partial charge in [0.2, 0.25) is 11.7 Å². The Kier molecular flexibility index (Phi) is 5.84. The van der Waals surface area contributed by atoms with Crippen molar-refractivity contribution in [2.75, 3.05) is 5.32 Å². The third-order valence-corrected chi connectivity index (χ3v) is 6.26.